The summed E-state index contributed by atoms with van der Waals surface area (Å²) in [6.45, 7) is 10.2. The number of carbonyl (C=O) groups is 1. The number of fused-ring (bicyclic) bond motifs is 1. The van der Waals surface area contributed by atoms with E-state index in [1.54, 1.807) is 4.90 Å². The van der Waals surface area contributed by atoms with Crippen LogP contribution in [0.4, 0.5) is 10.6 Å². The predicted octanol–water partition coefficient (Wildman–Crippen LogP) is 2.04. The first-order chi connectivity index (χ1) is 11.9. The molecule has 7 nitrogen and oxygen atoms in total. The molecule has 3 rings (SSSR count). The average Bonchev–Trinajstić information content (AvgIpc) is 2.93. The van der Waals surface area contributed by atoms with Gasteiger partial charge in [0.05, 0.1) is 24.2 Å². The minimum Gasteiger partial charge on any atom is -0.444 e. The van der Waals surface area contributed by atoms with E-state index in [0.717, 1.165) is 49.9 Å². The Hall–Kier alpha value is -1.89. The number of carbonyl (C=O) groups excluding carboxylic acids is 1. The van der Waals surface area contributed by atoms with Gasteiger partial charge in [-0.2, -0.15) is 0 Å². The van der Waals surface area contributed by atoms with Gasteiger partial charge in [-0.05, 0) is 27.2 Å². The normalized spacial score (nSPS) is 19.0. The maximum Gasteiger partial charge on any atom is 0.410 e. The summed E-state index contributed by atoms with van der Waals surface area (Å²) in [5, 5.41) is 0. The van der Waals surface area contributed by atoms with Crippen LogP contribution in [0.25, 0.3) is 0 Å². The van der Waals surface area contributed by atoms with Crippen molar-refractivity contribution >= 4 is 11.9 Å². The van der Waals surface area contributed by atoms with E-state index in [0.29, 0.717) is 25.9 Å². The highest BCUT2D eigenvalue weighted by atomic mass is 16.6. The Kier molecular flexibility index (Phi) is 5.42. The summed E-state index contributed by atoms with van der Waals surface area (Å²) in [7, 11) is 0. The molecule has 0 bridgehead atoms. The molecule has 25 heavy (non-hydrogen) atoms. The minimum atomic E-state index is -0.477. The van der Waals surface area contributed by atoms with Crippen molar-refractivity contribution < 1.29 is 14.3 Å². The SMILES string of the molecule is CC(C)(C)OC(=O)N1CCc2ncc(N3CCCOCC3)nc2CC1. The van der Waals surface area contributed by atoms with Gasteiger partial charge in [-0.1, -0.05) is 0 Å². The Morgan fingerprint density at radius 1 is 1.12 bits per heavy atom. The van der Waals surface area contributed by atoms with E-state index >= 15 is 0 Å². The zero-order valence-corrected chi connectivity index (χ0v) is 15.5. The predicted molar refractivity (Wildman–Crippen MR) is 94.9 cm³/mol. The van der Waals surface area contributed by atoms with Crippen molar-refractivity contribution in [3.63, 3.8) is 0 Å². The molecule has 1 aromatic rings. The molecule has 7 heteroatoms. The van der Waals surface area contributed by atoms with E-state index in [1.807, 2.05) is 27.0 Å². The Morgan fingerprint density at radius 2 is 1.88 bits per heavy atom. The van der Waals surface area contributed by atoms with Gasteiger partial charge in [0, 0.05) is 45.6 Å². The van der Waals surface area contributed by atoms with Crippen LogP contribution >= 0.6 is 0 Å². The fourth-order valence-electron chi connectivity index (χ4n) is 3.08. The molecule has 2 aliphatic heterocycles. The second-order valence-electron chi connectivity index (χ2n) is 7.54. The lowest BCUT2D eigenvalue weighted by atomic mass is 10.2. The van der Waals surface area contributed by atoms with Crippen LogP contribution in [0.3, 0.4) is 0 Å². The number of rotatable bonds is 1. The zero-order valence-electron chi connectivity index (χ0n) is 15.5. The molecular formula is C18H28N4O3. The maximum absolute atomic E-state index is 12.3. The van der Waals surface area contributed by atoms with Crippen molar-refractivity contribution in [2.45, 2.75) is 45.6 Å². The summed E-state index contributed by atoms with van der Waals surface area (Å²) in [6.07, 6.45) is 4.02. The van der Waals surface area contributed by atoms with E-state index in [-0.39, 0.29) is 6.09 Å². The molecular weight excluding hydrogens is 320 g/mol. The lowest BCUT2D eigenvalue weighted by molar-refractivity contribution is 0.0258. The van der Waals surface area contributed by atoms with Crippen LogP contribution in [0.5, 0.6) is 0 Å². The van der Waals surface area contributed by atoms with Gasteiger partial charge in [-0.25, -0.2) is 9.78 Å². The van der Waals surface area contributed by atoms with E-state index < -0.39 is 5.60 Å². The van der Waals surface area contributed by atoms with E-state index in [9.17, 15) is 4.79 Å². The van der Waals surface area contributed by atoms with Crippen molar-refractivity contribution in [3.05, 3.63) is 17.6 Å². The van der Waals surface area contributed by atoms with Gasteiger partial charge in [-0.15, -0.1) is 0 Å². The Bertz CT molecular complexity index is 607. The molecule has 138 valence electrons. The van der Waals surface area contributed by atoms with Crippen LogP contribution < -0.4 is 4.90 Å². The summed E-state index contributed by atoms with van der Waals surface area (Å²) in [6, 6.07) is 0. The highest BCUT2D eigenvalue weighted by molar-refractivity contribution is 5.68. The smallest absolute Gasteiger partial charge is 0.410 e. The molecule has 0 radical (unpaired) electrons. The summed E-state index contributed by atoms with van der Waals surface area (Å²) in [5.41, 5.74) is 1.50. The fourth-order valence-corrected chi connectivity index (χ4v) is 3.08. The van der Waals surface area contributed by atoms with Crippen molar-refractivity contribution in [1.82, 2.24) is 14.9 Å². The lowest BCUT2D eigenvalue weighted by Gasteiger charge is -2.26. The summed E-state index contributed by atoms with van der Waals surface area (Å²) >= 11 is 0. The Labute approximate surface area is 149 Å². The third-order valence-corrected chi connectivity index (χ3v) is 4.35. The quantitative estimate of drug-likeness (QED) is 0.774. The molecule has 1 saturated heterocycles. The van der Waals surface area contributed by atoms with E-state index in [4.69, 9.17) is 14.5 Å². The monoisotopic (exact) mass is 348 g/mol. The van der Waals surface area contributed by atoms with Crippen molar-refractivity contribution in [2.75, 3.05) is 44.3 Å². The maximum atomic E-state index is 12.3. The number of nitrogens with zero attached hydrogens (tertiary/aromatic N) is 4. The number of amides is 1. The first-order valence-electron chi connectivity index (χ1n) is 9.08. The lowest BCUT2D eigenvalue weighted by Crippen LogP contribution is -2.38. The third kappa shape index (κ3) is 4.81. The number of aromatic nitrogens is 2. The first-order valence-corrected chi connectivity index (χ1v) is 9.08. The van der Waals surface area contributed by atoms with Crippen LogP contribution in [0.15, 0.2) is 6.20 Å². The highest BCUT2D eigenvalue weighted by Gasteiger charge is 2.25. The topological polar surface area (TPSA) is 67.8 Å². The standard InChI is InChI=1S/C18H28N4O3/c1-18(2,3)25-17(23)22-8-5-14-15(6-9-22)20-16(13-19-14)21-7-4-11-24-12-10-21/h13H,4-12H2,1-3H3. The van der Waals surface area contributed by atoms with Gasteiger partial charge in [-0.3, -0.25) is 4.98 Å². The van der Waals surface area contributed by atoms with Crippen LogP contribution in [-0.4, -0.2) is 66.0 Å². The van der Waals surface area contributed by atoms with Gasteiger partial charge in [0.15, 0.2) is 0 Å². The molecule has 0 spiro atoms. The molecule has 0 aliphatic carbocycles. The van der Waals surface area contributed by atoms with Crippen molar-refractivity contribution in [3.8, 4) is 0 Å². The number of hydrogen-bond acceptors (Lipinski definition) is 6. The molecule has 1 amide bonds. The third-order valence-electron chi connectivity index (χ3n) is 4.35. The molecule has 0 saturated carbocycles. The molecule has 1 aromatic heterocycles. The van der Waals surface area contributed by atoms with Gasteiger partial charge in [0.1, 0.15) is 11.4 Å². The molecule has 3 heterocycles. The zero-order chi connectivity index (χ0) is 17.9. The van der Waals surface area contributed by atoms with Gasteiger partial charge in [0.2, 0.25) is 0 Å². The first kappa shape index (κ1) is 17.9. The molecule has 0 unspecified atom stereocenters. The highest BCUT2D eigenvalue weighted by Crippen LogP contribution is 2.19. The van der Waals surface area contributed by atoms with Crippen molar-refractivity contribution in [2.24, 2.45) is 0 Å². The Morgan fingerprint density at radius 3 is 2.64 bits per heavy atom. The average molecular weight is 348 g/mol. The molecule has 2 aliphatic rings. The molecule has 0 atom stereocenters. The van der Waals surface area contributed by atoms with Crippen LogP contribution in [0.2, 0.25) is 0 Å². The molecule has 1 fully saturated rings. The second-order valence-corrected chi connectivity index (χ2v) is 7.54. The van der Waals surface area contributed by atoms with Gasteiger partial charge in [0.25, 0.3) is 0 Å². The minimum absolute atomic E-state index is 0.259. The summed E-state index contributed by atoms with van der Waals surface area (Å²) < 4.78 is 11.0. The molecule has 0 N–H and O–H groups in total. The van der Waals surface area contributed by atoms with Crippen LogP contribution in [-0.2, 0) is 22.3 Å². The second kappa shape index (κ2) is 7.56. The number of anilines is 1. The van der Waals surface area contributed by atoms with E-state index in [2.05, 4.69) is 9.88 Å². The summed E-state index contributed by atoms with van der Waals surface area (Å²) in [5.74, 6) is 0.912. The van der Waals surface area contributed by atoms with Gasteiger partial charge < -0.3 is 19.3 Å². The number of ether oxygens (including phenoxy) is 2. The van der Waals surface area contributed by atoms with Crippen molar-refractivity contribution in [1.29, 1.82) is 0 Å². The van der Waals surface area contributed by atoms with Gasteiger partial charge >= 0.3 is 6.09 Å². The van der Waals surface area contributed by atoms with Crippen LogP contribution in [0, 0.1) is 0 Å². The molecule has 0 aromatic carbocycles. The van der Waals surface area contributed by atoms with E-state index in [1.165, 1.54) is 0 Å². The summed E-state index contributed by atoms with van der Waals surface area (Å²) in [4.78, 5) is 25.8. The van der Waals surface area contributed by atoms with Crippen LogP contribution in [0.1, 0.15) is 38.6 Å². The number of hydrogen-bond donors (Lipinski definition) is 0. The Balaban J connectivity index is 1.68. The fraction of sp³-hybridized carbons (Fsp3) is 0.722. The largest absolute Gasteiger partial charge is 0.444 e.